The first-order valence-corrected chi connectivity index (χ1v) is 12.9. The first-order valence-electron chi connectivity index (χ1n) is 12.9. The molecule has 0 spiro atoms. The van der Waals surface area contributed by atoms with E-state index >= 15 is 0 Å². The van der Waals surface area contributed by atoms with Crippen molar-refractivity contribution >= 4 is 0 Å². The third-order valence-corrected chi connectivity index (χ3v) is 9.09. The standard InChI is InChI=1S/C28H43F/c1-3-4-5-6-21-8-11-22(12-9-21)23-13-14-25-18-26(16-15-24(25)17-23)27-10-7-20(2)28(29)19-27/h7,10,19,21-26H,3-6,8-9,11-18H2,1-2H3. The zero-order valence-electron chi connectivity index (χ0n) is 19.0. The Labute approximate surface area is 179 Å². The van der Waals surface area contributed by atoms with Gasteiger partial charge >= 0.3 is 0 Å². The SMILES string of the molecule is CCCCCC1CCC(C2CCC3CC(c4ccc(C)c(F)c4)CCC3C2)CC1. The van der Waals surface area contributed by atoms with Crippen LogP contribution in [0.5, 0.6) is 0 Å². The topological polar surface area (TPSA) is 0 Å². The van der Waals surface area contributed by atoms with E-state index < -0.39 is 0 Å². The summed E-state index contributed by atoms with van der Waals surface area (Å²) in [6.07, 6.45) is 20.2. The van der Waals surface area contributed by atoms with Crippen LogP contribution in [0.3, 0.4) is 0 Å². The maximum atomic E-state index is 14.0. The van der Waals surface area contributed by atoms with Crippen LogP contribution in [0.25, 0.3) is 0 Å². The molecule has 1 aromatic rings. The van der Waals surface area contributed by atoms with Gasteiger partial charge in [0.2, 0.25) is 0 Å². The van der Waals surface area contributed by atoms with Gasteiger partial charge in [-0.25, -0.2) is 4.39 Å². The van der Waals surface area contributed by atoms with Crippen molar-refractivity contribution in [1.29, 1.82) is 0 Å². The van der Waals surface area contributed by atoms with Crippen molar-refractivity contribution < 1.29 is 4.39 Å². The van der Waals surface area contributed by atoms with Crippen LogP contribution in [0.15, 0.2) is 18.2 Å². The van der Waals surface area contributed by atoms with E-state index in [0.717, 1.165) is 35.2 Å². The van der Waals surface area contributed by atoms with Gasteiger partial charge in [-0.3, -0.25) is 0 Å². The van der Waals surface area contributed by atoms with Crippen LogP contribution in [0.4, 0.5) is 4.39 Å². The van der Waals surface area contributed by atoms with E-state index in [1.54, 1.807) is 0 Å². The van der Waals surface area contributed by atoms with Crippen LogP contribution in [-0.2, 0) is 0 Å². The van der Waals surface area contributed by atoms with Crippen molar-refractivity contribution in [2.75, 3.05) is 0 Å². The molecule has 0 aromatic heterocycles. The fourth-order valence-corrected chi connectivity index (χ4v) is 7.15. The number of hydrogen-bond acceptors (Lipinski definition) is 0. The molecule has 0 radical (unpaired) electrons. The molecule has 162 valence electrons. The van der Waals surface area contributed by atoms with Gasteiger partial charge in [-0.15, -0.1) is 0 Å². The molecule has 1 aromatic carbocycles. The lowest BCUT2D eigenvalue weighted by Gasteiger charge is -2.45. The first kappa shape index (κ1) is 21.4. The highest BCUT2D eigenvalue weighted by Crippen LogP contribution is 2.51. The molecule has 4 rings (SSSR count). The third-order valence-electron chi connectivity index (χ3n) is 9.09. The van der Waals surface area contributed by atoms with Crippen LogP contribution in [-0.4, -0.2) is 0 Å². The Morgan fingerprint density at radius 2 is 1.45 bits per heavy atom. The summed E-state index contributed by atoms with van der Waals surface area (Å²) in [7, 11) is 0. The van der Waals surface area contributed by atoms with Gasteiger partial charge in [-0.2, -0.15) is 0 Å². The van der Waals surface area contributed by atoms with E-state index in [-0.39, 0.29) is 5.82 Å². The second kappa shape index (κ2) is 9.97. The Morgan fingerprint density at radius 1 is 0.793 bits per heavy atom. The normalized spacial score (nSPS) is 35.3. The van der Waals surface area contributed by atoms with Crippen molar-refractivity contribution in [3.8, 4) is 0 Å². The summed E-state index contributed by atoms with van der Waals surface area (Å²) < 4.78 is 14.0. The van der Waals surface area contributed by atoms with Crippen LogP contribution in [0.2, 0.25) is 0 Å². The summed E-state index contributed by atoms with van der Waals surface area (Å²) in [6.45, 7) is 4.19. The van der Waals surface area contributed by atoms with Gasteiger partial charge in [0, 0.05) is 0 Å². The molecule has 0 nitrogen and oxygen atoms in total. The van der Waals surface area contributed by atoms with Gasteiger partial charge in [0.1, 0.15) is 5.82 Å². The van der Waals surface area contributed by atoms with Crippen molar-refractivity contribution in [3.05, 3.63) is 35.1 Å². The molecular weight excluding hydrogens is 355 g/mol. The zero-order chi connectivity index (χ0) is 20.2. The van der Waals surface area contributed by atoms with Crippen LogP contribution < -0.4 is 0 Å². The van der Waals surface area contributed by atoms with Crippen molar-refractivity contribution in [1.82, 2.24) is 0 Å². The Balaban J connectivity index is 1.25. The highest BCUT2D eigenvalue weighted by Gasteiger charge is 2.39. The minimum Gasteiger partial charge on any atom is -0.207 e. The molecule has 3 saturated carbocycles. The van der Waals surface area contributed by atoms with Crippen LogP contribution >= 0.6 is 0 Å². The molecule has 0 saturated heterocycles. The fourth-order valence-electron chi connectivity index (χ4n) is 7.15. The molecule has 0 bridgehead atoms. The van der Waals surface area contributed by atoms with E-state index in [1.165, 1.54) is 95.5 Å². The molecule has 0 aliphatic heterocycles. The largest absolute Gasteiger partial charge is 0.207 e. The Bertz CT molecular complexity index is 642. The number of unbranched alkanes of at least 4 members (excludes halogenated alkanes) is 2. The molecule has 0 N–H and O–H groups in total. The average Bonchev–Trinajstić information content (AvgIpc) is 2.75. The van der Waals surface area contributed by atoms with Crippen LogP contribution in [0.1, 0.15) is 114 Å². The predicted octanol–water partition coefficient (Wildman–Crippen LogP) is 8.82. The molecule has 0 amide bonds. The lowest BCUT2D eigenvalue weighted by molar-refractivity contribution is 0.0710. The highest BCUT2D eigenvalue weighted by atomic mass is 19.1. The third kappa shape index (κ3) is 5.26. The summed E-state index contributed by atoms with van der Waals surface area (Å²) in [4.78, 5) is 0. The molecule has 4 atom stereocenters. The first-order chi connectivity index (χ1) is 14.1. The molecule has 0 heterocycles. The summed E-state index contributed by atoms with van der Waals surface area (Å²) in [5.41, 5.74) is 2.04. The van der Waals surface area contributed by atoms with E-state index in [0.29, 0.717) is 5.92 Å². The van der Waals surface area contributed by atoms with E-state index in [2.05, 4.69) is 13.0 Å². The maximum absolute atomic E-state index is 14.0. The highest BCUT2D eigenvalue weighted by molar-refractivity contribution is 5.26. The zero-order valence-corrected chi connectivity index (χ0v) is 19.0. The smallest absolute Gasteiger partial charge is 0.126 e. The van der Waals surface area contributed by atoms with Gasteiger partial charge in [0.05, 0.1) is 0 Å². The number of aryl methyl sites for hydroxylation is 1. The number of benzene rings is 1. The molecule has 3 fully saturated rings. The van der Waals surface area contributed by atoms with Gasteiger partial charge in [-0.05, 0) is 111 Å². The molecule has 4 unspecified atom stereocenters. The molecule has 3 aliphatic carbocycles. The molecular formula is C28H43F. The number of fused-ring (bicyclic) bond motifs is 1. The van der Waals surface area contributed by atoms with Crippen LogP contribution in [0, 0.1) is 42.3 Å². The lowest BCUT2D eigenvalue weighted by Crippen LogP contribution is -2.34. The Kier molecular flexibility index (Phi) is 7.35. The second-order valence-electron chi connectivity index (χ2n) is 10.9. The molecule has 1 heteroatoms. The van der Waals surface area contributed by atoms with Gasteiger partial charge in [0.15, 0.2) is 0 Å². The van der Waals surface area contributed by atoms with Crippen molar-refractivity contribution in [2.24, 2.45) is 29.6 Å². The van der Waals surface area contributed by atoms with Gasteiger partial charge in [-0.1, -0.05) is 57.6 Å². The Morgan fingerprint density at radius 3 is 2.17 bits per heavy atom. The van der Waals surface area contributed by atoms with Crippen molar-refractivity contribution in [3.63, 3.8) is 0 Å². The summed E-state index contributed by atoms with van der Waals surface area (Å²) >= 11 is 0. The summed E-state index contributed by atoms with van der Waals surface area (Å²) in [5, 5.41) is 0. The minimum absolute atomic E-state index is 0.0152. The summed E-state index contributed by atoms with van der Waals surface area (Å²) in [5.74, 6) is 5.53. The van der Waals surface area contributed by atoms with Gasteiger partial charge < -0.3 is 0 Å². The number of halogens is 1. The van der Waals surface area contributed by atoms with E-state index in [1.807, 2.05) is 19.1 Å². The maximum Gasteiger partial charge on any atom is 0.126 e. The summed E-state index contributed by atoms with van der Waals surface area (Å²) in [6, 6.07) is 5.99. The molecule has 3 aliphatic rings. The van der Waals surface area contributed by atoms with Crippen molar-refractivity contribution in [2.45, 2.75) is 110 Å². The molecule has 29 heavy (non-hydrogen) atoms. The lowest BCUT2D eigenvalue weighted by atomic mass is 9.60. The Hall–Kier alpha value is -0.850. The monoisotopic (exact) mass is 398 g/mol. The predicted molar refractivity (Wildman–Crippen MR) is 122 cm³/mol. The number of hydrogen-bond donors (Lipinski definition) is 0. The quantitative estimate of drug-likeness (QED) is 0.420. The second-order valence-corrected chi connectivity index (χ2v) is 10.9. The van der Waals surface area contributed by atoms with Gasteiger partial charge in [0.25, 0.3) is 0 Å². The number of rotatable bonds is 6. The minimum atomic E-state index is -0.0152. The fraction of sp³-hybridized carbons (Fsp3) is 0.786. The van der Waals surface area contributed by atoms with E-state index in [9.17, 15) is 4.39 Å². The van der Waals surface area contributed by atoms with E-state index in [4.69, 9.17) is 0 Å². The average molecular weight is 399 g/mol.